The minimum absolute atomic E-state index is 0.0500. The van der Waals surface area contributed by atoms with E-state index in [2.05, 4.69) is 30.8 Å². The zero-order chi connectivity index (χ0) is 14.5. The lowest BCUT2D eigenvalue weighted by molar-refractivity contribution is 0.00950. The first kappa shape index (κ1) is 15.9. The molecule has 0 amide bonds. The van der Waals surface area contributed by atoms with Crippen molar-refractivity contribution in [2.24, 2.45) is 0 Å². The van der Waals surface area contributed by atoms with E-state index in [4.69, 9.17) is 0 Å². The fourth-order valence-electron chi connectivity index (χ4n) is 2.01. The van der Waals surface area contributed by atoms with Crippen molar-refractivity contribution in [2.45, 2.75) is 58.3 Å². The fourth-order valence-corrected chi connectivity index (χ4v) is 2.01. The van der Waals surface area contributed by atoms with Crippen LogP contribution in [0.3, 0.4) is 0 Å². The topological polar surface area (TPSA) is 0 Å². The lowest BCUT2D eigenvalue weighted by atomic mass is 9.93. The first-order chi connectivity index (χ1) is 8.78. The van der Waals surface area contributed by atoms with Gasteiger partial charge in [-0.25, -0.2) is 8.78 Å². The van der Waals surface area contributed by atoms with E-state index >= 15 is 0 Å². The Labute approximate surface area is 115 Å². The maximum absolute atomic E-state index is 12.8. The van der Waals surface area contributed by atoms with Crippen LogP contribution < -0.4 is 0 Å². The molecule has 2 heteroatoms. The van der Waals surface area contributed by atoms with Crippen LogP contribution >= 0.6 is 0 Å². The predicted octanol–water partition coefficient (Wildman–Crippen LogP) is 5.73. The number of alkyl halides is 2. The zero-order valence-corrected chi connectivity index (χ0v) is 12.2. The Morgan fingerprint density at radius 3 is 2.32 bits per heavy atom. The molecule has 1 unspecified atom stereocenters. The Morgan fingerprint density at radius 1 is 1.26 bits per heavy atom. The number of benzene rings is 1. The molecule has 0 saturated heterocycles. The van der Waals surface area contributed by atoms with E-state index in [1.807, 2.05) is 13.8 Å². The summed E-state index contributed by atoms with van der Waals surface area (Å²) in [7, 11) is 0. The molecule has 106 valence electrons. The van der Waals surface area contributed by atoms with Crippen LogP contribution in [0.4, 0.5) is 8.78 Å². The van der Waals surface area contributed by atoms with Crippen molar-refractivity contribution in [1.29, 1.82) is 0 Å². The summed E-state index contributed by atoms with van der Waals surface area (Å²) >= 11 is 0. The molecule has 0 spiro atoms. The minimum atomic E-state index is -2.56. The summed E-state index contributed by atoms with van der Waals surface area (Å²) in [4.78, 5) is 0. The summed E-state index contributed by atoms with van der Waals surface area (Å²) in [6, 6.07) is 8.32. The molecule has 19 heavy (non-hydrogen) atoms. The molecule has 0 aliphatic rings. The largest absolute Gasteiger partial charge is 0.245 e. The first-order valence-corrected chi connectivity index (χ1v) is 6.89. The average molecular weight is 266 g/mol. The zero-order valence-electron chi connectivity index (χ0n) is 12.2. The molecule has 0 radical (unpaired) electrons. The van der Waals surface area contributed by atoms with E-state index in [-0.39, 0.29) is 12.3 Å². The second kappa shape index (κ2) is 6.83. The second-order valence-corrected chi connectivity index (χ2v) is 5.71. The van der Waals surface area contributed by atoms with Crippen molar-refractivity contribution < 1.29 is 8.78 Å². The quantitative estimate of drug-likeness (QED) is 0.552. The van der Waals surface area contributed by atoms with E-state index in [0.717, 1.165) is 25.3 Å². The lowest BCUT2D eigenvalue weighted by Crippen LogP contribution is -2.10. The van der Waals surface area contributed by atoms with Gasteiger partial charge in [-0.15, -0.1) is 6.58 Å². The van der Waals surface area contributed by atoms with Crippen LogP contribution in [0.25, 0.3) is 0 Å². The molecule has 1 aromatic rings. The molecule has 0 bridgehead atoms. The van der Waals surface area contributed by atoms with Gasteiger partial charge in [-0.05, 0) is 50.2 Å². The Morgan fingerprint density at radius 2 is 1.84 bits per heavy atom. The average Bonchev–Trinajstić information content (AvgIpc) is 2.33. The van der Waals surface area contributed by atoms with Gasteiger partial charge in [-0.1, -0.05) is 36.8 Å². The van der Waals surface area contributed by atoms with Crippen LogP contribution in [0.15, 0.2) is 36.4 Å². The summed E-state index contributed by atoms with van der Waals surface area (Å²) < 4.78 is 25.7. The standard InChI is InChI=1S/C17H24F2/c1-13(2)5-6-15-7-9-16(10-8-15)14(3)11-12-17(4,18)19/h7-10,14H,1,5-6,11-12H2,2-4H3. The first-order valence-electron chi connectivity index (χ1n) is 6.89. The van der Waals surface area contributed by atoms with Crippen molar-refractivity contribution in [3.63, 3.8) is 0 Å². The molecule has 1 aromatic carbocycles. The minimum Gasteiger partial charge on any atom is -0.207 e. The fraction of sp³-hybridized carbons (Fsp3) is 0.529. The van der Waals surface area contributed by atoms with Crippen LogP contribution in [0, 0.1) is 0 Å². The van der Waals surface area contributed by atoms with E-state index in [1.54, 1.807) is 0 Å². The highest BCUT2D eigenvalue weighted by Gasteiger charge is 2.22. The number of hydrogen-bond donors (Lipinski definition) is 0. The summed E-state index contributed by atoms with van der Waals surface area (Å²) in [5.41, 5.74) is 3.60. The number of allylic oxidation sites excluding steroid dienone is 1. The van der Waals surface area contributed by atoms with E-state index < -0.39 is 5.92 Å². The molecule has 0 nitrogen and oxygen atoms in total. The number of hydrogen-bond acceptors (Lipinski definition) is 0. The van der Waals surface area contributed by atoms with Crippen molar-refractivity contribution in [1.82, 2.24) is 0 Å². The summed E-state index contributed by atoms with van der Waals surface area (Å²) in [5, 5.41) is 0. The van der Waals surface area contributed by atoms with Gasteiger partial charge >= 0.3 is 0 Å². The highest BCUT2D eigenvalue weighted by molar-refractivity contribution is 5.25. The molecular weight excluding hydrogens is 242 g/mol. The molecule has 1 atom stereocenters. The Balaban J connectivity index is 2.53. The Bertz CT molecular complexity index is 398. The molecule has 0 saturated carbocycles. The van der Waals surface area contributed by atoms with Gasteiger partial charge < -0.3 is 0 Å². The summed E-state index contributed by atoms with van der Waals surface area (Å²) in [6.45, 7) is 8.92. The molecule has 0 aliphatic heterocycles. The van der Waals surface area contributed by atoms with Crippen LogP contribution in [0.2, 0.25) is 0 Å². The van der Waals surface area contributed by atoms with Crippen molar-refractivity contribution in [3.8, 4) is 0 Å². The molecular formula is C17H24F2. The van der Waals surface area contributed by atoms with Crippen LogP contribution in [0.5, 0.6) is 0 Å². The smallest absolute Gasteiger partial charge is 0.207 e. The maximum Gasteiger partial charge on any atom is 0.245 e. The molecule has 0 fully saturated rings. The van der Waals surface area contributed by atoms with Gasteiger partial charge in [-0.2, -0.15) is 0 Å². The predicted molar refractivity (Wildman–Crippen MR) is 77.8 cm³/mol. The van der Waals surface area contributed by atoms with Crippen LogP contribution in [0.1, 0.15) is 57.1 Å². The Kier molecular flexibility index (Phi) is 5.71. The Hall–Kier alpha value is -1.18. The number of halogens is 2. The van der Waals surface area contributed by atoms with Crippen LogP contribution in [-0.4, -0.2) is 5.92 Å². The van der Waals surface area contributed by atoms with E-state index in [9.17, 15) is 8.78 Å². The maximum atomic E-state index is 12.8. The number of aryl methyl sites for hydroxylation is 1. The van der Waals surface area contributed by atoms with Gasteiger partial charge in [0, 0.05) is 6.42 Å². The molecule has 1 rings (SSSR count). The molecule has 0 aliphatic carbocycles. The van der Waals surface area contributed by atoms with E-state index in [1.165, 1.54) is 11.1 Å². The van der Waals surface area contributed by atoms with E-state index in [0.29, 0.717) is 6.42 Å². The van der Waals surface area contributed by atoms with Gasteiger partial charge in [0.1, 0.15) is 0 Å². The SMILES string of the molecule is C=C(C)CCc1ccc(C(C)CCC(C)(F)F)cc1. The molecule has 0 N–H and O–H groups in total. The van der Waals surface area contributed by atoms with Gasteiger partial charge in [0.2, 0.25) is 5.92 Å². The summed E-state index contributed by atoms with van der Waals surface area (Å²) in [5.74, 6) is -2.38. The monoisotopic (exact) mass is 266 g/mol. The van der Waals surface area contributed by atoms with Gasteiger partial charge in [0.05, 0.1) is 0 Å². The third kappa shape index (κ3) is 6.51. The normalized spacial score (nSPS) is 13.3. The molecule has 0 heterocycles. The third-order valence-corrected chi connectivity index (χ3v) is 3.41. The molecule has 0 aromatic heterocycles. The van der Waals surface area contributed by atoms with Gasteiger partial charge in [-0.3, -0.25) is 0 Å². The highest BCUT2D eigenvalue weighted by atomic mass is 19.3. The second-order valence-electron chi connectivity index (χ2n) is 5.71. The summed E-state index contributed by atoms with van der Waals surface area (Å²) in [6.07, 6.45) is 2.47. The lowest BCUT2D eigenvalue weighted by Gasteiger charge is -2.15. The highest BCUT2D eigenvalue weighted by Crippen LogP contribution is 2.27. The van der Waals surface area contributed by atoms with Crippen molar-refractivity contribution in [3.05, 3.63) is 47.5 Å². The van der Waals surface area contributed by atoms with Crippen LogP contribution in [-0.2, 0) is 6.42 Å². The van der Waals surface area contributed by atoms with Gasteiger partial charge in [0.15, 0.2) is 0 Å². The van der Waals surface area contributed by atoms with Crippen molar-refractivity contribution >= 4 is 0 Å². The van der Waals surface area contributed by atoms with Gasteiger partial charge in [0.25, 0.3) is 0 Å². The van der Waals surface area contributed by atoms with Crippen molar-refractivity contribution in [2.75, 3.05) is 0 Å². The number of rotatable bonds is 7. The third-order valence-electron chi connectivity index (χ3n) is 3.41.